The zero-order chi connectivity index (χ0) is 19.4. The van der Waals surface area contributed by atoms with E-state index in [0.29, 0.717) is 28.9 Å². The number of hydrogen-bond donors (Lipinski definition) is 0. The Hall–Kier alpha value is -2.64. The Kier molecular flexibility index (Phi) is 6.18. The molecule has 0 saturated heterocycles. The second kappa shape index (κ2) is 8.16. The number of rotatable bonds is 6. The molecule has 2 aromatic rings. The summed E-state index contributed by atoms with van der Waals surface area (Å²) in [6.45, 7) is 1.69. The van der Waals surface area contributed by atoms with Crippen molar-refractivity contribution < 1.29 is 9.72 Å². The summed E-state index contributed by atoms with van der Waals surface area (Å²) in [6, 6.07) is 6.37. The summed E-state index contributed by atoms with van der Waals surface area (Å²) in [5.74, 6) is 0. The molecule has 0 aliphatic carbocycles. The van der Waals surface area contributed by atoms with Crippen LogP contribution in [0.25, 0.3) is 11.1 Å². The smallest absolute Gasteiger partial charge is 0.314 e. The Morgan fingerprint density at radius 2 is 1.88 bits per heavy atom. The third-order valence-electron chi connectivity index (χ3n) is 3.44. The number of pyridine rings is 1. The van der Waals surface area contributed by atoms with E-state index >= 15 is 0 Å². The molecule has 1 amide bonds. The molecular formula is C17H16Cl2N4O3. The molecule has 1 aromatic carbocycles. The summed E-state index contributed by atoms with van der Waals surface area (Å²) in [6.07, 6.45) is 3.87. The molecular weight excluding hydrogens is 379 g/mol. The van der Waals surface area contributed by atoms with Crippen molar-refractivity contribution in [1.82, 2.24) is 9.88 Å². The Morgan fingerprint density at radius 1 is 1.19 bits per heavy atom. The molecule has 0 atom stereocenters. The average Bonchev–Trinajstić information content (AvgIpc) is 2.55. The molecule has 0 bridgehead atoms. The van der Waals surface area contributed by atoms with Crippen LogP contribution in [0.5, 0.6) is 0 Å². The van der Waals surface area contributed by atoms with E-state index in [9.17, 15) is 14.9 Å². The fourth-order valence-corrected chi connectivity index (χ4v) is 2.87. The molecule has 0 aliphatic heterocycles. The summed E-state index contributed by atoms with van der Waals surface area (Å²) >= 11 is 12.3. The van der Waals surface area contributed by atoms with E-state index in [2.05, 4.69) is 4.98 Å². The van der Waals surface area contributed by atoms with Crippen LogP contribution in [-0.4, -0.2) is 35.3 Å². The summed E-state index contributed by atoms with van der Waals surface area (Å²) in [7, 11) is 3.64. The van der Waals surface area contributed by atoms with Gasteiger partial charge >= 0.3 is 5.69 Å². The lowest BCUT2D eigenvalue weighted by Crippen LogP contribution is -2.15. The van der Waals surface area contributed by atoms with Crippen molar-refractivity contribution in [2.45, 2.75) is 6.92 Å². The van der Waals surface area contributed by atoms with Gasteiger partial charge in [0.15, 0.2) is 0 Å². The van der Waals surface area contributed by atoms with Gasteiger partial charge in [0.2, 0.25) is 11.6 Å². The van der Waals surface area contributed by atoms with Gasteiger partial charge in [-0.1, -0.05) is 29.3 Å². The normalized spacial score (nSPS) is 10.8. The van der Waals surface area contributed by atoms with E-state index in [1.165, 1.54) is 4.90 Å². The van der Waals surface area contributed by atoms with Gasteiger partial charge in [-0.25, -0.2) is 4.98 Å². The number of halogens is 2. The Balaban J connectivity index is 2.54. The fraction of sp³-hybridized carbons (Fsp3) is 0.176. The van der Waals surface area contributed by atoms with Crippen molar-refractivity contribution in [2.75, 3.05) is 19.0 Å². The molecule has 1 aromatic heterocycles. The summed E-state index contributed by atoms with van der Waals surface area (Å²) in [5.41, 5.74) is 1.51. The first-order valence-corrected chi connectivity index (χ1v) is 8.20. The zero-order valence-electron chi connectivity index (χ0n) is 14.3. The van der Waals surface area contributed by atoms with Crippen LogP contribution in [-0.2, 0) is 4.79 Å². The predicted molar refractivity (Wildman–Crippen MR) is 102 cm³/mol. The van der Waals surface area contributed by atoms with Crippen LogP contribution in [0.15, 0.2) is 36.7 Å². The molecule has 9 heteroatoms. The van der Waals surface area contributed by atoms with Gasteiger partial charge in [0.05, 0.1) is 21.2 Å². The number of amides is 1. The lowest BCUT2D eigenvalue weighted by Gasteiger charge is -2.16. The van der Waals surface area contributed by atoms with E-state index in [4.69, 9.17) is 23.2 Å². The molecule has 2 rings (SSSR count). The van der Waals surface area contributed by atoms with Crippen molar-refractivity contribution in [3.63, 3.8) is 0 Å². The van der Waals surface area contributed by atoms with Crippen molar-refractivity contribution in [2.24, 2.45) is 0 Å². The second-order valence-electron chi connectivity index (χ2n) is 5.65. The van der Waals surface area contributed by atoms with E-state index in [1.54, 1.807) is 48.5 Å². The average molecular weight is 395 g/mol. The van der Waals surface area contributed by atoms with Gasteiger partial charge in [0.25, 0.3) is 0 Å². The van der Waals surface area contributed by atoms with Gasteiger partial charge in [-0.15, -0.1) is 0 Å². The number of aromatic nitrogens is 1. The van der Waals surface area contributed by atoms with Crippen molar-refractivity contribution in [1.29, 1.82) is 0 Å². The van der Waals surface area contributed by atoms with Crippen LogP contribution in [0.1, 0.15) is 5.69 Å². The van der Waals surface area contributed by atoms with E-state index in [1.807, 2.05) is 14.1 Å². The van der Waals surface area contributed by atoms with E-state index in [0.717, 1.165) is 0 Å². The molecule has 1 heterocycles. The highest BCUT2D eigenvalue weighted by atomic mass is 35.5. The molecule has 0 aliphatic rings. The molecule has 26 heavy (non-hydrogen) atoms. The lowest BCUT2D eigenvalue weighted by atomic mass is 10.0. The number of benzene rings is 1. The van der Waals surface area contributed by atoms with Crippen LogP contribution in [0.4, 0.5) is 11.4 Å². The number of carbonyl (C=O) groups excluding carboxylic acids is 1. The Morgan fingerprint density at radius 3 is 2.42 bits per heavy atom. The summed E-state index contributed by atoms with van der Waals surface area (Å²) in [5, 5.41) is 11.4. The number of anilines is 1. The van der Waals surface area contributed by atoms with Gasteiger partial charge in [-0.05, 0) is 30.7 Å². The highest BCUT2D eigenvalue weighted by Gasteiger charge is 2.23. The number of carbonyl (C=O) groups is 1. The largest absolute Gasteiger partial charge is 0.382 e. The maximum Gasteiger partial charge on any atom is 0.314 e. The summed E-state index contributed by atoms with van der Waals surface area (Å²) < 4.78 is 0. The van der Waals surface area contributed by atoms with Crippen molar-refractivity contribution in [3.8, 4) is 11.1 Å². The van der Waals surface area contributed by atoms with Gasteiger partial charge in [0, 0.05) is 32.2 Å². The van der Waals surface area contributed by atoms with Gasteiger partial charge in [0.1, 0.15) is 0 Å². The van der Waals surface area contributed by atoms with E-state index in [-0.39, 0.29) is 15.9 Å². The molecule has 0 unspecified atom stereocenters. The minimum Gasteiger partial charge on any atom is -0.382 e. The molecule has 0 N–H and O–H groups in total. The van der Waals surface area contributed by atoms with Crippen molar-refractivity contribution >= 4 is 41.0 Å². The first kappa shape index (κ1) is 19.7. The maximum absolute atomic E-state index is 11.4. The third-order valence-corrected chi connectivity index (χ3v) is 4.00. The Labute approximate surface area is 160 Å². The van der Waals surface area contributed by atoms with Gasteiger partial charge in [-0.2, -0.15) is 0 Å². The van der Waals surface area contributed by atoms with Crippen LogP contribution < -0.4 is 4.90 Å². The standard InChI is InChI=1S/C17H16Cl2N4O3/c1-11-8-13(16(23(25)26)17(19)20-11)12-4-5-15(14(18)9-12)22(10-24)7-6-21(2)3/h4-10H,1-3H3/b7-6-. The Bertz CT molecular complexity index is 885. The van der Waals surface area contributed by atoms with Crippen LogP contribution >= 0.6 is 23.2 Å². The molecule has 7 nitrogen and oxygen atoms in total. The first-order valence-electron chi connectivity index (χ1n) is 7.44. The van der Waals surface area contributed by atoms with Crippen LogP contribution in [0.2, 0.25) is 10.2 Å². The van der Waals surface area contributed by atoms with Gasteiger partial charge in [-0.3, -0.25) is 19.8 Å². The monoisotopic (exact) mass is 394 g/mol. The van der Waals surface area contributed by atoms with Crippen molar-refractivity contribution in [3.05, 3.63) is 62.6 Å². The lowest BCUT2D eigenvalue weighted by molar-refractivity contribution is -0.384. The zero-order valence-corrected chi connectivity index (χ0v) is 15.8. The highest BCUT2D eigenvalue weighted by molar-refractivity contribution is 6.34. The molecule has 0 spiro atoms. The number of nitro groups is 1. The minimum absolute atomic E-state index is 0.186. The molecule has 0 fully saturated rings. The van der Waals surface area contributed by atoms with Gasteiger partial charge < -0.3 is 4.90 Å². The number of aryl methyl sites for hydroxylation is 1. The number of nitrogens with zero attached hydrogens (tertiary/aromatic N) is 4. The first-order chi connectivity index (χ1) is 12.2. The minimum atomic E-state index is -0.580. The molecule has 0 radical (unpaired) electrons. The van der Waals surface area contributed by atoms with Crippen LogP contribution in [0, 0.1) is 17.0 Å². The van der Waals surface area contributed by atoms with Crippen LogP contribution in [0.3, 0.4) is 0 Å². The SMILES string of the molecule is Cc1cc(-c2ccc(N(C=O)/C=C\N(C)C)c(Cl)c2)c([N+](=O)[O-])c(Cl)n1. The third kappa shape index (κ3) is 4.30. The predicted octanol–water partition coefficient (Wildman–Crippen LogP) is 4.27. The molecule has 136 valence electrons. The summed E-state index contributed by atoms with van der Waals surface area (Å²) in [4.78, 5) is 29.1. The second-order valence-corrected chi connectivity index (χ2v) is 6.41. The number of hydrogen-bond acceptors (Lipinski definition) is 5. The van der Waals surface area contributed by atoms with E-state index < -0.39 is 4.92 Å². The topological polar surface area (TPSA) is 79.6 Å². The quantitative estimate of drug-likeness (QED) is 0.316. The highest BCUT2D eigenvalue weighted by Crippen LogP contribution is 2.38. The molecule has 0 saturated carbocycles. The fourth-order valence-electron chi connectivity index (χ4n) is 2.28. The maximum atomic E-state index is 11.4.